The Balaban J connectivity index is 3.67. The maximum absolute atomic E-state index is 11.3. The molecule has 0 aromatic heterocycles. The topological polar surface area (TPSA) is 92.4 Å². The van der Waals surface area contributed by atoms with Crippen molar-refractivity contribution in [3.63, 3.8) is 0 Å². The van der Waals surface area contributed by atoms with E-state index in [1.807, 2.05) is 0 Å². The summed E-state index contributed by atoms with van der Waals surface area (Å²) < 4.78 is 0. The SMILES string of the molecule is CC[C@@H](NC(=O)CCCCCN)C(=O)O. The molecule has 15 heavy (non-hydrogen) atoms. The number of nitrogens with two attached hydrogens (primary N) is 1. The van der Waals surface area contributed by atoms with Crippen molar-refractivity contribution >= 4 is 11.9 Å². The van der Waals surface area contributed by atoms with Crippen molar-refractivity contribution in [1.29, 1.82) is 0 Å². The van der Waals surface area contributed by atoms with Gasteiger partial charge in [0.25, 0.3) is 0 Å². The molecule has 5 heteroatoms. The Bertz CT molecular complexity index is 207. The molecule has 5 nitrogen and oxygen atoms in total. The van der Waals surface area contributed by atoms with Crippen molar-refractivity contribution in [1.82, 2.24) is 5.32 Å². The van der Waals surface area contributed by atoms with Crippen LogP contribution in [0.15, 0.2) is 0 Å². The Kier molecular flexibility index (Phi) is 7.62. The first kappa shape index (κ1) is 13.9. The molecule has 0 unspecified atom stereocenters. The average molecular weight is 216 g/mol. The van der Waals surface area contributed by atoms with Gasteiger partial charge >= 0.3 is 5.97 Å². The molecule has 88 valence electrons. The number of carboxylic acids is 1. The number of amides is 1. The van der Waals surface area contributed by atoms with E-state index >= 15 is 0 Å². The van der Waals surface area contributed by atoms with E-state index in [4.69, 9.17) is 10.8 Å². The first-order valence-corrected chi connectivity index (χ1v) is 5.34. The molecule has 0 aliphatic rings. The number of carboxylic acid groups (broad SMARTS) is 1. The molecule has 0 aromatic carbocycles. The molecule has 0 rings (SSSR count). The number of carbonyl (C=O) groups is 2. The van der Waals surface area contributed by atoms with E-state index in [9.17, 15) is 9.59 Å². The number of hydrogen-bond acceptors (Lipinski definition) is 3. The van der Waals surface area contributed by atoms with Gasteiger partial charge in [0.1, 0.15) is 6.04 Å². The molecule has 0 fully saturated rings. The summed E-state index contributed by atoms with van der Waals surface area (Å²) in [4.78, 5) is 21.9. The normalized spacial score (nSPS) is 12.1. The van der Waals surface area contributed by atoms with E-state index in [0.717, 1.165) is 19.3 Å². The summed E-state index contributed by atoms with van der Waals surface area (Å²) in [6.45, 7) is 2.36. The third-order valence-corrected chi connectivity index (χ3v) is 2.15. The maximum Gasteiger partial charge on any atom is 0.326 e. The quantitative estimate of drug-likeness (QED) is 0.515. The average Bonchev–Trinajstić information content (AvgIpc) is 2.20. The van der Waals surface area contributed by atoms with Crippen LogP contribution in [0.3, 0.4) is 0 Å². The van der Waals surface area contributed by atoms with Gasteiger partial charge in [-0.2, -0.15) is 0 Å². The Morgan fingerprint density at radius 3 is 2.47 bits per heavy atom. The van der Waals surface area contributed by atoms with Gasteiger partial charge in [0.05, 0.1) is 0 Å². The molecule has 1 amide bonds. The Labute approximate surface area is 90.0 Å². The third-order valence-electron chi connectivity index (χ3n) is 2.15. The van der Waals surface area contributed by atoms with E-state index in [2.05, 4.69) is 5.32 Å². The van der Waals surface area contributed by atoms with E-state index in [1.165, 1.54) is 0 Å². The fourth-order valence-corrected chi connectivity index (χ4v) is 1.21. The lowest BCUT2D eigenvalue weighted by atomic mass is 10.1. The zero-order valence-corrected chi connectivity index (χ0v) is 9.16. The highest BCUT2D eigenvalue weighted by molar-refractivity contribution is 5.83. The summed E-state index contributed by atoms with van der Waals surface area (Å²) in [6.07, 6.45) is 3.37. The first-order chi connectivity index (χ1) is 7.11. The van der Waals surface area contributed by atoms with Crippen LogP contribution in [0.1, 0.15) is 39.0 Å². The van der Waals surface area contributed by atoms with E-state index in [1.54, 1.807) is 6.92 Å². The minimum atomic E-state index is -0.979. The van der Waals surface area contributed by atoms with Gasteiger partial charge in [-0.15, -0.1) is 0 Å². The Morgan fingerprint density at radius 2 is 2.00 bits per heavy atom. The number of rotatable bonds is 8. The standard InChI is InChI=1S/C10H20N2O3/c1-2-8(10(14)15)12-9(13)6-4-3-5-7-11/h8H,2-7,11H2,1H3,(H,12,13)(H,14,15)/t8-/m1/s1. The van der Waals surface area contributed by atoms with Crippen LogP contribution in [0, 0.1) is 0 Å². The summed E-state index contributed by atoms with van der Waals surface area (Å²) in [5.74, 6) is -1.17. The molecule has 0 aromatic rings. The zero-order chi connectivity index (χ0) is 11.7. The van der Waals surface area contributed by atoms with Gasteiger partial charge in [0, 0.05) is 6.42 Å². The van der Waals surface area contributed by atoms with E-state index in [-0.39, 0.29) is 5.91 Å². The molecule has 0 radical (unpaired) electrons. The predicted octanol–water partition coefficient (Wildman–Crippen LogP) is 0.485. The van der Waals surface area contributed by atoms with Crippen LogP contribution in [0.2, 0.25) is 0 Å². The fourth-order valence-electron chi connectivity index (χ4n) is 1.21. The van der Waals surface area contributed by atoms with Gasteiger partial charge in [0.2, 0.25) is 5.91 Å². The van der Waals surface area contributed by atoms with E-state index in [0.29, 0.717) is 19.4 Å². The lowest BCUT2D eigenvalue weighted by molar-refractivity contribution is -0.141. The highest BCUT2D eigenvalue weighted by Crippen LogP contribution is 2.00. The molecule has 0 saturated heterocycles. The smallest absolute Gasteiger partial charge is 0.326 e. The molecule has 0 bridgehead atoms. The third kappa shape index (κ3) is 6.90. The van der Waals surface area contributed by atoms with Crippen molar-refractivity contribution < 1.29 is 14.7 Å². The molecule has 0 aliphatic heterocycles. The van der Waals surface area contributed by atoms with Gasteiger partial charge in [-0.3, -0.25) is 4.79 Å². The lowest BCUT2D eigenvalue weighted by Gasteiger charge is -2.11. The second-order valence-electron chi connectivity index (χ2n) is 3.47. The summed E-state index contributed by atoms with van der Waals surface area (Å²) in [5.41, 5.74) is 5.31. The van der Waals surface area contributed by atoms with E-state index < -0.39 is 12.0 Å². The van der Waals surface area contributed by atoms with Crippen LogP contribution in [0.5, 0.6) is 0 Å². The molecular formula is C10H20N2O3. The summed E-state index contributed by atoms with van der Waals surface area (Å²) >= 11 is 0. The molecule has 1 atom stereocenters. The van der Waals surface area contributed by atoms with Crippen LogP contribution in [0.4, 0.5) is 0 Å². The number of aliphatic carboxylic acids is 1. The van der Waals surface area contributed by atoms with Crippen molar-refractivity contribution in [2.24, 2.45) is 5.73 Å². The van der Waals surface area contributed by atoms with Crippen LogP contribution in [-0.4, -0.2) is 29.6 Å². The molecule has 0 aliphatic carbocycles. The summed E-state index contributed by atoms with van der Waals surface area (Å²) in [5, 5.41) is 11.2. The molecule has 0 spiro atoms. The van der Waals surface area contributed by atoms with Crippen LogP contribution in [0.25, 0.3) is 0 Å². The Morgan fingerprint density at radius 1 is 1.33 bits per heavy atom. The van der Waals surface area contributed by atoms with Crippen LogP contribution >= 0.6 is 0 Å². The van der Waals surface area contributed by atoms with Crippen molar-refractivity contribution in [2.45, 2.75) is 45.1 Å². The van der Waals surface area contributed by atoms with Gasteiger partial charge in [-0.05, 0) is 25.8 Å². The number of carbonyl (C=O) groups excluding carboxylic acids is 1. The predicted molar refractivity (Wildman–Crippen MR) is 57.4 cm³/mol. The maximum atomic E-state index is 11.3. The fraction of sp³-hybridized carbons (Fsp3) is 0.800. The zero-order valence-electron chi connectivity index (χ0n) is 9.16. The Hall–Kier alpha value is -1.10. The minimum absolute atomic E-state index is 0.193. The second kappa shape index (κ2) is 8.23. The highest BCUT2D eigenvalue weighted by Gasteiger charge is 2.16. The molecular weight excluding hydrogens is 196 g/mol. The first-order valence-electron chi connectivity index (χ1n) is 5.34. The lowest BCUT2D eigenvalue weighted by Crippen LogP contribution is -2.40. The number of unbranched alkanes of at least 4 members (excludes halogenated alkanes) is 2. The van der Waals surface area contributed by atoms with Crippen LogP contribution < -0.4 is 11.1 Å². The molecule has 0 heterocycles. The number of nitrogens with one attached hydrogen (secondary N) is 1. The van der Waals surface area contributed by atoms with Gasteiger partial charge in [-0.25, -0.2) is 4.79 Å². The van der Waals surface area contributed by atoms with Crippen LogP contribution in [-0.2, 0) is 9.59 Å². The van der Waals surface area contributed by atoms with Gasteiger partial charge in [0.15, 0.2) is 0 Å². The van der Waals surface area contributed by atoms with Gasteiger partial charge < -0.3 is 16.2 Å². The van der Waals surface area contributed by atoms with Crippen molar-refractivity contribution in [2.75, 3.05) is 6.54 Å². The second-order valence-corrected chi connectivity index (χ2v) is 3.47. The number of hydrogen-bond donors (Lipinski definition) is 3. The molecule has 0 saturated carbocycles. The summed E-state index contributed by atoms with van der Waals surface area (Å²) in [6, 6.07) is -0.757. The van der Waals surface area contributed by atoms with Crippen molar-refractivity contribution in [3.8, 4) is 0 Å². The van der Waals surface area contributed by atoms with Gasteiger partial charge in [-0.1, -0.05) is 13.3 Å². The largest absolute Gasteiger partial charge is 0.480 e. The monoisotopic (exact) mass is 216 g/mol. The highest BCUT2D eigenvalue weighted by atomic mass is 16.4. The minimum Gasteiger partial charge on any atom is -0.480 e. The molecule has 4 N–H and O–H groups in total. The van der Waals surface area contributed by atoms with Crippen molar-refractivity contribution in [3.05, 3.63) is 0 Å². The summed E-state index contributed by atoms with van der Waals surface area (Å²) in [7, 11) is 0.